The minimum absolute atomic E-state index is 0.762. The van der Waals surface area contributed by atoms with E-state index in [9.17, 15) is 0 Å². The molecule has 0 amide bonds. The summed E-state index contributed by atoms with van der Waals surface area (Å²) in [4.78, 5) is 4.83. The van der Waals surface area contributed by atoms with Crippen LogP contribution < -0.4 is 5.32 Å². The molecule has 0 saturated carbocycles. The van der Waals surface area contributed by atoms with Gasteiger partial charge in [0.2, 0.25) is 0 Å². The van der Waals surface area contributed by atoms with Crippen molar-refractivity contribution in [2.45, 2.75) is 6.54 Å². The number of aromatic nitrogens is 1. The summed E-state index contributed by atoms with van der Waals surface area (Å²) in [7, 11) is 0. The van der Waals surface area contributed by atoms with Crippen LogP contribution in [-0.2, 0) is 6.54 Å². The van der Waals surface area contributed by atoms with Crippen molar-refractivity contribution in [3.63, 3.8) is 0 Å². The highest BCUT2D eigenvalue weighted by atomic mass is 15.0. The zero-order chi connectivity index (χ0) is 17.6. The van der Waals surface area contributed by atoms with Crippen LogP contribution in [0.5, 0.6) is 0 Å². The molecule has 0 aliphatic heterocycles. The minimum Gasteiger partial charge on any atom is -0.366 e. The van der Waals surface area contributed by atoms with Crippen LogP contribution in [0, 0.1) is 0 Å². The molecule has 126 valence electrons. The molecule has 3 aromatic carbocycles. The zero-order valence-corrected chi connectivity index (χ0v) is 14.5. The number of rotatable bonds is 5. The van der Waals surface area contributed by atoms with E-state index >= 15 is 0 Å². The summed E-state index contributed by atoms with van der Waals surface area (Å²) in [6.07, 6.45) is 0. The van der Waals surface area contributed by atoms with Crippen molar-refractivity contribution in [1.82, 2.24) is 4.98 Å². The molecule has 0 fully saturated rings. The second kappa shape index (κ2) is 7.66. The molecule has 0 atom stereocenters. The summed E-state index contributed by atoms with van der Waals surface area (Å²) in [5.74, 6) is 0.884. The van der Waals surface area contributed by atoms with Crippen LogP contribution in [0.4, 0.5) is 5.82 Å². The van der Waals surface area contributed by atoms with Gasteiger partial charge in [-0.15, -0.1) is 0 Å². The fraction of sp³-hybridized carbons (Fsp3) is 0.0417. The first-order chi connectivity index (χ1) is 12.9. The van der Waals surface area contributed by atoms with Crippen LogP contribution in [0.25, 0.3) is 22.4 Å². The summed E-state index contributed by atoms with van der Waals surface area (Å²) in [6, 6.07) is 35.4. The fourth-order valence-corrected chi connectivity index (χ4v) is 3.05. The van der Waals surface area contributed by atoms with Crippen molar-refractivity contribution >= 4 is 5.82 Å². The number of hydrogen-bond donors (Lipinski definition) is 1. The number of nitrogens with one attached hydrogen (secondary N) is 1. The highest BCUT2D eigenvalue weighted by Crippen LogP contribution is 2.31. The topological polar surface area (TPSA) is 24.9 Å². The van der Waals surface area contributed by atoms with Gasteiger partial charge >= 0.3 is 0 Å². The monoisotopic (exact) mass is 336 g/mol. The van der Waals surface area contributed by atoms with Gasteiger partial charge in [0, 0.05) is 12.1 Å². The molecule has 1 heterocycles. The van der Waals surface area contributed by atoms with Gasteiger partial charge in [-0.3, -0.25) is 0 Å². The Morgan fingerprint density at radius 1 is 0.577 bits per heavy atom. The van der Waals surface area contributed by atoms with Crippen molar-refractivity contribution in [2.24, 2.45) is 0 Å². The molecule has 0 bridgehead atoms. The molecule has 4 aromatic rings. The third kappa shape index (κ3) is 3.65. The molecule has 0 saturated heterocycles. The van der Waals surface area contributed by atoms with E-state index < -0.39 is 0 Å². The van der Waals surface area contributed by atoms with Gasteiger partial charge in [-0.1, -0.05) is 91.0 Å². The molecule has 0 unspecified atom stereocenters. The quantitative estimate of drug-likeness (QED) is 0.481. The molecule has 0 radical (unpaired) electrons. The third-order valence-electron chi connectivity index (χ3n) is 4.35. The molecule has 0 aliphatic rings. The first-order valence-corrected chi connectivity index (χ1v) is 8.80. The molecule has 26 heavy (non-hydrogen) atoms. The maximum absolute atomic E-state index is 4.83. The molecule has 1 N–H and O–H groups in total. The Morgan fingerprint density at radius 2 is 1.23 bits per heavy atom. The number of nitrogens with zero attached hydrogens (tertiary/aromatic N) is 1. The maximum Gasteiger partial charge on any atom is 0.126 e. The van der Waals surface area contributed by atoms with Gasteiger partial charge in [0.1, 0.15) is 5.82 Å². The van der Waals surface area contributed by atoms with Crippen molar-refractivity contribution in [1.29, 1.82) is 0 Å². The maximum atomic E-state index is 4.83. The second-order valence-corrected chi connectivity index (χ2v) is 6.16. The van der Waals surface area contributed by atoms with Gasteiger partial charge in [-0.2, -0.15) is 0 Å². The zero-order valence-electron chi connectivity index (χ0n) is 14.5. The molecule has 2 nitrogen and oxygen atoms in total. The number of anilines is 1. The molecule has 0 spiro atoms. The Balaban J connectivity index is 1.63. The van der Waals surface area contributed by atoms with Crippen LogP contribution >= 0.6 is 0 Å². The SMILES string of the molecule is c1ccc(CNc2cccc(-c3ccccc3-c3ccccc3)n2)cc1. The Bertz CT molecular complexity index is 979. The van der Waals surface area contributed by atoms with Gasteiger partial charge in [0.15, 0.2) is 0 Å². The first-order valence-electron chi connectivity index (χ1n) is 8.80. The molecular formula is C24H20N2. The highest BCUT2D eigenvalue weighted by Gasteiger charge is 2.08. The van der Waals surface area contributed by atoms with Crippen molar-refractivity contribution in [3.05, 3.63) is 109 Å². The Morgan fingerprint density at radius 3 is 2.00 bits per heavy atom. The lowest BCUT2D eigenvalue weighted by molar-refractivity contribution is 1.11. The first kappa shape index (κ1) is 16.1. The summed E-state index contributed by atoms with van der Waals surface area (Å²) >= 11 is 0. The summed E-state index contributed by atoms with van der Waals surface area (Å²) < 4.78 is 0. The summed E-state index contributed by atoms with van der Waals surface area (Å²) in [5.41, 5.74) is 5.75. The van der Waals surface area contributed by atoms with Gasteiger partial charge in [0.25, 0.3) is 0 Å². The van der Waals surface area contributed by atoms with Gasteiger partial charge in [0.05, 0.1) is 5.69 Å². The predicted octanol–water partition coefficient (Wildman–Crippen LogP) is 6.03. The molecule has 0 aliphatic carbocycles. The van der Waals surface area contributed by atoms with Crippen LogP contribution in [0.15, 0.2) is 103 Å². The Kier molecular flexibility index (Phi) is 4.74. The second-order valence-electron chi connectivity index (χ2n) is 6.16. The third-order valence-corrected chi connectivity index (χ3v) is 4.35. The Hall–Kier alpha value is -3.39. The van der Waals surface area contributed by atoms with Crippen molar-refractivity contribution in [3.8, 4) is 22.4 Å². The van der Waals surface area contributed by atoms with E-state index in [2.05, 4.69) is 90.2 Å². The average molecular weight is 336 g/mol. The smallest absolute Gasteiger partial charge is 0.126 e. The van der Waals surface area contributed by atoms with E-state index in [1.807, 2.05) is 18.2 Å². The van der Waals surface area contributed by atoms with E-state index in [0.717, 1.165) is 23.6 Å². The lowest BCUT2D eigenvalue weighted by atomic mass is 9.97. The molecule has 1 aromatic heterocycles. The van der Waals surface area contributed by atoms with Gasteiger partial charge < -0.3 is 5.32 Å². The molecule has 4 rings (SSSR count). The largest absolute Gasteiger partial charge is 0.366 e. The van der Waals surface area contributed by atoms with E-state index in [1.54, 1.807) is 0 Å². The predicted molar refractivity (Wildman–Crippen MR) is 109 cm³/mol. The normalized spacial score (nSPS) is 10.5. The van der Waals surface area contributed by atoms with Crippen LogP contribution in [0.2, 0.25) is 0 Å². The number of pyridine rings is 1. The molecular weight excluding hydrogens is 316 g/mol. The number of hydrogen-bond acceptors (Lipinski definition) is 2. The van der Waals surface area contributed by atoms with Crippen LogP contribution in [-0.4, -0.2) is 4.98 Å². The summed E-state index contributed by atoms with van der Waals surface area (Å²) in [6.45, 7) is 0.762. The highest BCUT2D eigenvalue weighted by molar-refractivity contribution is 5.82. The molecule has 2 heteroatoms. The van der Waals surface area contributed by atoms with Crippen LogP contribution in [0.1, 0.15) is 5.56 Å². The lowest BCUT2D eigenvalue weighted by Crippen LogP contribution is -2.01. The lowest BCUT2D eigenvalue weighted by Gasteiger charge is -2.11. The van der Waals surface area contributed by atoms with Crippen LogP contribution in [0.3, 0.4) is 0 Å². The standard InChI is InChI=1S/C24H20N2/c1-3-10-19(11-4-1)18-25-24-17-9-16-23(26-24)22-15-8-7-14-21(22)20-12-5-2-6-13-20/h1-17H,18H2,(H,25,26). The van der Waals surface area contributed by atoms with Gasteiger partial charge in [-0.05, 0) is 28.8 Å². The van der Waals surface area contributed by atoms with Crippen molar-refractivity contribution in [2.75, 3.05) is 5.32 Å². The average Bonchev–Trinajstić information content (AvgIpc) is 2.74. The summed E-state index contributed by atoms with van der Waals surface area (Å²) in [5, 5.41) is 3.42. The van der Waals surface area contributed by atoms with E-state index in [1.165, 1.54) is 16.7 Å². The van der Waals surface area contributed by atoms with E-state index in [-0.39, 0.29) is 0 Å². The van der Waals surface area contributed by atoms with Gasteiger partial charge in [-0.25, -0.2) is 4.98 Å². The Labute approximate surface area is 154 Å². The van der Waals surface area contributed by atoms with E-state index in [0.29, 0.717) is 0 Å². The van der Waals surface area contributed by atoms with Crippen molar-refractivity contribution < 1.29 is 0 Å². The van der Waals surface area contributed by atoms with E-state index in [4.69, 9.17) is 4.98 Å². The number of benzene rings is 3. The fourth-order valence-electron chi connectivity index (χ4n) is 3.05. The minimum atomic E-state index is 0.762.